The van der Waals surface area contributed by atoms with Crippen molar-refractivity contribution >= 4 is 46.0 Å². The van der Waals surface area contributed by atoms with Crippen LogP contribution in [0, 0.1) is 0 Å². The first-order chi connectivity index (χ1) is 20.9. The van der Waals surface area contributed by atoms with Gasteiger partial charge in [0.05, 0.1) is 10.8 Å². The van der Waals surface area contributed by atoms with Crippen LogP contribution in [-0.4, -0.2) is 83.3 Å². The molecule has 10 heteroatoms. The van der Waals surface area contributed by atoms with Crippen LogP contribution in [-0.2, 0) is 4.79 Å². The Morgan fingerprint density at radius 1 is 0.977 bits per heavy atom. The zero-order chi connectivity index (χ0) is 30.2. The first-order valence-corrected chi connectivity index (χ1v) is 15.7. The van der Waals surface area contributed by atoms with Crippen LogP contribution >= 0.6 is 23.4 Å². The van der Waals surface area contributed by atoms with Gasteiger partial charge in [-0.05, 0) is 59.0 Å². The number of piperazine rings is 1. The van der Waals surface area contributed by atoms with E-state index in [2.05, 4.69) is 44.4 Å². The van der Waals surface area contributed by atoms with Gasteiger partial charge in [0.1, 0.15) is 11.5 Å². The van der Waals surface area contributed by atoms with Crippen molar-refractivity contribution in [3.05, 3.63) is 101 Å². The molecule has 0 spiro atoms. The number of phenols is 1. The van der Waals surface area contributed by atoms with Gasteiger partial charge in [-0.2, -0.15) is 0 Å². The predicted octanol–water partition coefficient (Wildman–Crippen LogP) is 5.39. The highest BCUT2D eigenvalue weighted by molar-refractivity contribution is 7.99. The van der Waals surface area contributed by atoms with E-state index in [9.17, 15) is 14.7 Å². The molecule has 43 heavy (non-hydrogen) atoms. The highest BCUT2D eigenvalue weighted by Gasteiger charge is 2.20. The second-order valence-corrected chi connectivity index (χ2v) is 12.1. The monoisotopic (exact) mass is 618 g/mol. The van der Waals surface area contributed by atoms with Crippen LogP contribution in [0.25, 0.3) is 10.8 Å². The fraction of sp³-hybridized carbons (Fsp3) is 0.303. The number of nitrogens with one attached hydrogen (secondary N) is 1. The van der Waals surface area contributed by atoms with Crippen molar-refractivity contribution in [2.75, 3.05) is 51.6 Å². The third-order valence-electron chi connectivity index (χ3n) is 7.51. The summed E-state index contributed by atoms with van der Waals surface area (Å²) < 4.78 is 5.23. The molecule has 224 valence electrons. The fourth-order valence-corrected chi connectivity index (χ4v) is 6.66. The molecule has 5 rings (SSSR count). The minimum Gasteiger partial charge on any atom is -0.507 e. The fourth-order valence-electron chi connectivity index (χ4n) is 5.23. The number of phenolic OH excluding ortho intramolecular Hbond substituents is 1. The molecule has 1 atom stereocenters. The van der Waals surface area contributed by atoms with Gasteiger partial charge in [-0.1, -0.05) is 35.9 Å². The van der Waals surface area contributed by atoms with Gasteiger partial charge in [0.25, 0.3) is 5.91 Å². The Bertz CT molecular complexity index is 1550. The molecule has 3 aromatic carbocycles. The van der Waals surface area contributed by atoms with Crippen LogP contribution in [0.4, 0.5) is 0 Å². The number of carbonyl (C=O) groups is 2. The molecule has 8 nitrogen and oxygen atoms in total. The van der Waals surface area contributed by atoms with Crippen LogP contribution in [0.5, 0.6) is 11.5 Å². The summed E-state index contributed by atoms with van der Waals surface area (Å²) in [4.78, 5) is 33.3. The van der Waals surface area contributed by atoms with Gasteiger partial charge in [0.15, 0.2) is 0 Å². The molecule has 1 aliphatic heterocycles. The lowest BCUT2D eigenvalue weighted by molar-refractivity contribution is -0.131. The van der Waals surface area contributed by atoms with Crippen molar-refractivity contribution in [2.24, 2.45) is 0 Å². The molecule has 1 unspecified atom stereocenters. The maximum absolute atomic E-state index is 12.9. The Morgan fingerprint density at radius 2 is 1.65 bits per heavy atom. The number of esters is 1. The molecule has 1 aliphatic rings. The normalized spacial score (nSPS) is 14.8. The summed E-state index contributed by atoms with van der Waals surface area (Å²) in [6.45, 7) is 7.37. The molecule has 0 bridgehead atoms. The molecule has 0 saturated carbocycles. The first kappa shape index (κ1) is 30.8. The summed E-state index contributed by atoms with van der Waals surface area (Å²) in [6.07, 6.45) is 3.68. The SMILES string of the molecule is CC(=O)Oc1cccc2cc(C(=O)NCCN3CCN(CCSC(c4ccncc4)c4ccc(Cl)cc4)CC3)c(O)cc12. The molecular weight excluding hydrogens is 584 g/mol. The number of aromatic nitrogens is 1. The number of fused-ring (bicyclic) bond motifs is 1. The summed E-state index contributed by atoms with van der Waals surface area (Å²) >= 11 is 8.06. The smallest absolute Gasteiger partial charge is 0.308 e. The van der Waals surface area contributed by atoms with Crippen molar-refractivity contribution in [3.63, 3.8) is 0 Å². The van der Waals surface area contributed by atoms with E-state index < -0.39 is 5.97 Å². The van der Waals surface area contributed by atoms with Crippen molar-refractivity contribution in [1.82, 2.24) is 20.1 Å². The largest absolute Gasteiger partial charge is 0.507 e. The summed E-state index contributed by atoms with van der Waals surface area (Å²) in [5, 5.41) is 15.7. The third-order valence-corrected chi connectivity index (χ3v) is 9.06. The highest BCUT2D eigenvalue weighted by Crippen LogP contribution is 2.36. The van der Waals surface area contributed by atoms with E-state index in [1.165, 1.54) is 24.1 Å². The van der Waals surface area contributed by atoms with Gasteiger partial charge in [-0.15, -0.1) is 11.8 Å². The van der Waals surface area contributed by atoms with Crippen LogP contribution in [0.1, 0.15) is 33.7 Å². The number of halogens is 1. The Kier molecular flexibility index (Phi) is 10.5. The third kappa shape index (κ3) is 8.26. The average molecular weight is 619 g/mol. The van der Waals surface area contributed by atoms with Crippen LogP contribution < -0.4 is 10.1 Å². The zero-order valence-corrected chi connectivity index (χ0v) is 25.6. The number of rotatable bonds is 11. The standard InChI is InChI=1S/C33H35ClN4O4S/c1-23(39)42-31-4-2-3-26-21-29(30(40)22-28(26)31)33(41)36-13-14-37-15-17-38(18-16-37)19-20-43-32(25-9-11-35-12-10-25)24-5-7-27(34)8-6-24/h2-12,21-22,32,40H,13-20H2,1H3,(H,36,41). The molecule has 1 fully saturated rings. The number of hydrogen-bond donors (Lipinski definition) is 2. The number of pyridine rings is 1. The van der Waals surface area contributed by atoms with E-state index >= 15 is 0 Å². The number of amides is 1. The van der Waals surface area contributed by atoms with Gasteiger partial charge in [-0.3, -0.25) is 24.4 Å². The topological polar surface area (TPSA) is 95.0 Å². The Labute approximate surface area is 261 Å². The molecule has 0 radical (unpaired) electrons. The quantitative estimate of drug-likeness (QED) is 0.171. The second kappa shape index (κ2) is 14.7. The molecule has 0 aliphatic carbocycles. The van der Waals surface area contributed by atoms with E-state index in [0.29, 0.717) is 23.1 Å². The maximum atomic E-state index is 12.9. The Hall–Kier alpha value is -3.63. The maximum Gasteiger partial charge on any atom is 0.308 e. The zero-order valence-electron chi connectivity index (χ0n) is 24.0. The minimum absolute atomic E-state index is 0.154. The van der Waals surface area contributed by atoms with E-state index in [-0.39, 0.29) is 22.5 Å². The predicted molar refractivity (Wildman–Crippen MR) is 172 cm³/mol. The highest BCUT2D eigenvalue weighted by atomic mass is 35.5. The van der Waals surface area contributed by atoms with Gasteiger partial charge < -0.3 is 15.2 Å². The van der Waals surface area contributed by atoms with Crippen molar-refractivity contribution < 1.29 is 19.4 Å². The molecular formula is C33H35ClN4O4S. The number of hydrogen-bond acceptors (Lipinski definition) is 8. The number of nitrogens with zero attached hydrogens (tertiary/aromatic N) is 3. The van der Waals surface area contributed by atoms with Gasteiger partial charge >= 0.3 is 5.97 Å². The molecule has 2 N–H and O–H groups in total. The van der Waals surface area contributed by atoms with Crippen molar-refractivity contribution in [1.29, 1.82) is 0 Å². The number of thioether (sulfide) groups is 1. The van der Waals surface area contributed by atoms with Gasteiger partial charge in [-0.25, -0.2) is 0 Å². The van der Waals surface area contributed by atoms with Crippen LogP contribution in [0.15, 0.2) is 79.1 Å². The lowest BCUT2D eigenvalue weighted by Crippen LogP contribution is -2.48. The van der Waals surface area contributed by atoms with E-state index in [1.54, 1.807) is 18.2 Å². The van der Waals surface area contributed by atoms with Gasteiger partial charge in [0.2, 0.25) is 0 Å². The lowest BCUT2D eigenvalue weighted by atomic mass is 10.0. The van der Waals surface area contributed by atoms with E-state index in [1.807, 2.05) is 42.4 Å². The van der Waals surface area contributed by atoms with Crippen molar-refractivity contribution in [2.45, 2.75) is 12.2 Å². The summed E-state index contributed by atoms with van der Waals surface area (Å²) in [5.41, 5.74) is 2.66. The molecule has 1 amide bonds. The number of aromatic hydroxyl groups is 1. The van der Waals surface area contributed by atoms with Crippen LogP contribution in [0.3, 0.4) is 0 Å². The summed E-state index contributed by atoms with van der Waals surface area (Å²) in [5.74, 6) is 0.414. The van der Waals surface area contributed by atoms with Crippen molar-refractivity contribution in [3.8, 4) is 11.5 Å². The minimum atomic E-state index is -0.447. The summed E-state index contributed by atoms with van der Waals surface area (Å²) in [6, 6.07) is 20.5. The lowest BCUT2D eigenvalue weighted by Gasteiger charge is -2.34. The molecule has 2 heterocycles. The number of benzene rings is 3. The number of ether oxygens (including phenoxy) is 1. The number of carbonyl (C=O) groups excluding carboxylic acids is 2. The van der Waals surface area contributed by atoms with E-state index in [4.69, 9.17) is 16.3 Å². The van der Waals surface area contributed by atoms with Crippen LogP contribution in [0.2, 0.25) is 5.02 Å². The van der Waals surface area contributed by atoms with Gasteiger partial charge in [0, 0.05) is 81.3 Å². The summed E-state index contributed by atoms with van der Waals surface area (Å²) in [7, 11) is 0. The molecule has 1 aromatic heterocycles. The molecule has 4 aromatic rings. The van der Waals surface area contributed by atoms with E-state index in [0.717, 1.165) is 50.0 Å². The second-order valence-electron chi connectivity index (χ2n) is 10.5. The Morgan fingerprint density at radius 3 is 2.35 bits per heavy atom. The Balaban J connectivity index is 1.07. The first-order valence-electron chi connectivity index (χ1n) is 14.3. The average Bonchev–Trinajstić information content (AvgIpc) is 3.01. The molecule has 1 saturated heterocycles.